The summed E-state index contributed by atoms with van der Waals surface area (Å²) in [5, 5.41) is 4.97. The second-order valence-electron chi connectivity index (χ2n) is 3.92. The second kappa shape index (κ2) is 7.20. The highest BCUT2D eigenvalue weighted by Crippen LogP contribution is 2.22. The van der Waals surface area contributed by atoms with Crippen molar-refractivity contribution in [3.8, 4) is 0 Å². The number of nitrogens with zero attached hydrogens (tertiary/aromatic N) is 1. The maximum Gasteiger partial charge on any atom is 0.224 e. The van der Waals surface area contributed by atoms with Gasteiger partial charge in [-0.2, -0.15) is 5.06 Å². The van der Waals surface area contributed by atoms with Crippen LogP contribution in [-0.2, 0) is 9.63 Å². The zero-order valence-electron chi connectivity index (χ0n) is 10.6. The number of carbonyl (C=O) groups is 1. The Bertz CT molecular complexity index is 412. The van der Waals surface area contributed by atoms with Crippen LogP contribution in [0.25, 0.3) is 0 Å². The van der Waals surface area contributed by atoms with E-state index in [-0.39, 0.29) is 5.91 Å². The molecular weight excluding hydrogens is 254 g/mol. The van der Waals surface area contributed by atoms with Crippen molar-refractivity contribution in [1.29, 1.82) is 0 Å². The highest BCUT2D eigenvalue weighted by atomic mass is 35.5. The van der Waals surface area contributed by atoms with Crippen LogP contribution in [0, 0.1) is 0 Å². The second-order valence-corrected chi connectivity index (χ2v) is 4.35. The number of carbonyl (C=O) groups excluding carboxylic acids is 1. The molecule has 0 bridgehead atoms. The summed E-state index contributed by atoms with van der Waals surface area (Å²) in [5.74, 6) is -0.0754. The summed E-state index contributed by atoms with van der Waals surface area (Å²) in [6.07, 6.45) is 1.12. The van der Waals surface area contributed by atoms with Gasteiger partial charge in [-0.05, 0) is 24.6 Å². The van der Waals surface area contributed by atoms with E-state index in [4.69, 9.17) is 22.2 Å². The van der Waals surface area contributed by atoms with Gasteiger partial charge in [0.25, 0.3) is 0 Å². The van der Waals surface area contributed by atoms with Crippen LogP contribution in [0.2, 0.25) is 5.02 Å². The van der Waals surface area contributed by atoms with Crippen molar-refractivity contribution in [2.45, 2.75) is 12.8 Å². The summed E-state index contributed by atoms with van der Waals surface area (Å²) in [7, 11) is 3.41. The van der Waals surface area contributed by atoms with Gasteiger partial charge in [0.05, 0.1) is 18.5 Å². The zero-order chi connectivity index (χ0) is 13.5. The molecule has 5 nitrogen and oxygen atoms in total. The standard InChI is InChI=1S/C12H18ClN3O2/c1-16(18-2)7-3-4-12(17)15-11-6-5-9(13)8-10(11)14/h5-6,8H,3-4,7,14H2,1-2H3,(H,15,17). The van der Waals surface area contributed by atoms with E-state index in [0.717, 1.165) is 0 Å². The number of anilines is 2. The molecule has 1 aromatic rings. The van der Waals surface area contributed by atoms with Gasteiger partial charge < -0.3 is 15.9 Å². The van der Waals surface area contributed by atoms with E-state index < -0.39 is 0 Å². The lowest BCUT2D eigenvalue weighted by molar-refractivity contribution is -0.119. The van der Waals surface area contributed by atoms with E-state index in [0.29, 0.717) is 35.8 Å². The number of nitrogens with one attached hydrogen (secondary N) is 1. The largest absolute Gasteiger partial charge is 0.397 e. The normalized spacial score (nSPS) is 10.7. The molecule has 1 rings (SSSR count). The molecule has 0 aromatic heterocycles. The Balaban J connectivity index is 2.40. The Hall–Kier alpha value is -1.30. The van der Waals surface area contributed by atoms with Crippen molar-refractivity contribution in [2.24, 2.45) is 0 Å². The zero-order valence-corrected chi connectivity index (χ0v) is 11.3. The molecule has 1 amide bonds. The van der Waals surface area contributed by atoms with Crippen LogP contribution >= 0.6 is 11.6 Å². The fourth-order valence-electron chi connectivity index (χ4n) is 1.41. The van der Waals surface area contributed by atoms with Gasteiger partial charge in [0, 0.05) is 25.0 Å². The number of hydrogen-bond acceptors (Lipinski definition) is 4. The fraction of sp³-hybridized carbons (Fsp3) is 0.417. The number of nitrogens with two attached hydrogens (primary N) is 1. The minimum absolute atomic E-state index is 0.0754. The quantitative estimate of drug-likeness (QED) is 0.614. The Kier molecular flexibility index (Phi) is 5.91. The lowest BCUT2D eigenvalue weighted by Crippen LogP contribution is -2.20. The third-order valence-corrected chi connectivity index (χ3v) is 2.71. The summed E-state index contributed by atoms with van der Waals surface area (Å²) in [5.41, 5.74) is 6.79. The monoisotopic (exact) mass is 271 g/mol. The molecule has 18 heavy (non-hydrogen) atoms. The predicted octanol–water partition coefficient (Wildman–Crippen LogP) is 2.13. The minimum atomic E-state index is -0.0754. The third kappa shape index (κ3) is 4.91. The van der Waals surface area contributed by atoms with E-state index in [1.54, 1.807) is 30.4 Å². The molecule has 0 saturated carbocycles. The summed E-state index contributed by atoms with van der Waals surface area (Å²) in [6.45, 7) is 0.694. The Morgan fingerprint density at radius 3 is 2.89 bits per heavy atom. The fourth-order valence-corrected chi connectivity index (χ4v) is 1.59. The number of hydrogen-bond donors (Lipinski definition) is 2. The maximum absolute atomic E-state index is 11.7. The van der Waals surface area contributed by atoms with Crippen molar-refractivity contribution in [1.82, 2.24) is 5.06 Å². The van der Waals surface area contributed by atoms with Gasteiger partial charge in [-0.3, -0.25) is 4.79 Å². The van der Waals surface area contributed by atoms with Crippen LogP contribution in [0.4, 0.5) is 11.4 Å². The molecule has 0 aliphatic rings. The van der Waals surface area contributed by atoms with Crippen molar-refractivity contribution in [3.63, 3.8) is 0 Å². The molecule has 0 radical (unpaired) electrons. The highest BCUT2D eigenvalue weighted by molar-refractivity contribution is 6.31. The topological polar surface area (TPSA) is 67.6 Å². The highest BCUT2D eigenvalue weighted by Gasteiger charge is 2.06. The summed E-state index contributed by atoms with van der Waals surface area (Å²) < 4.78 is 0. The molecule has 3 N–H and O–H groups in total. The maximum atomic E-state index is 11.7. The first-order chi connectivity index (χ1) is 8.52. The number of hydroxylamine groups is 2. The van der Waals surface area contributed by atoms with E-state index >= 15 is 0 Å². The summed E-state index contributed by atoms with van der Waals surface area (Å²) >= 11 is 5.78. The Morgan fingerprint density at radius 2 is 2.28 bits per heavy atom. The molecule has 1 aromatic carbocycles. The van der Waals surface area contributed by atoms with E-state index in [1.807, 2.05) is 7.05 Å². The van der Waals surface area contributed by atoms with Crippen molar-refractivity contribution in [2.75, 3.05) is 31.8 Å². The number of rotatable bonds is 6. The van der Waals surface area contributed by atoms with Crippen LogP contribution in [-0.4, -0.2) is 31.7 Å². The van der Waals surface area contributed by atoms with E-state index in [9.17, 15) is 4.79 Å². The smallest absolute Gasteiger partial charge is 0.224 e. The molecule has 0 atom stereocenters. The number of benzene rings is 1. The third-order valence-electron chi connectivity index (χ3n) is 2.48. The molecule has 0 heterocycles. The van der Waals surface area contributed by atoms with Crippen LogP contribution < -0.4 is 11.1 Å². The predicted molar refractivity (Wildman–Crippen MR) is 73.4 cm³/mol. The molecule has 0 saturated heterocycles. The number of halogens is 1. The van der Waals surface area contributed by atoms with Gasteiger partial charge in [0.2, 0.25) is 5.91 Å². The molecule has 0 aliphatic carbocycles. The number of amides is 1. The first kappa shape index (κ1) is 14.8. The summed E-state index contributed by atoms with van der Waals surface area (Å²) in [6, 6.07) is 4.99. The van der Waals surface area contributed by atoms with Crippen LogP contribution in [0.15, 0.2) is 18.2 Å². The van der Waals surface area contributed by atoms with Crippen LogP contribution in [0.1, 0.15) is 12.8 Å². The molecule has 100 valence electrons. The van der Waals surface area contributed by atoms with Crippen molar-refractivity contribution < 1.29 is 9.63 Å². The van der Waals surface area contributed by atoms with Gasteiger partial charge in [-0.25, -0.2) is 0 Å². The van der Waals surface area contributed by atoms with Crippen molar-refractivity contribution in [3.05, 3.63) is 23.2 Å². The van der Waals surface area contributed by atoms with Crippen molar-refractivity contribution >= 4 is 28.9 Å². The minimum Gasteiger partial charge on any atom is -0.397 e. The molecular formula is C12H18ClN3O2. The molecule has 0 unspecified atom stereocenters. The lowest BCUT2D eigenvalue weighted by atomic mass is 10.2. The molecule has 0 aliphatic heterocycles. The van der Waals surface area contributed by atoms with Gasteiger partial charge in [0.15, 0.2) is 0 Å². The Labute approximate surface area is 112 Å². The van der Waals surface area contributed by atoms with Gasteiger partial charge in [0.1, 0.15) is 0 Å². The average Bonchev–Trinajstić information content (AvgIpc) is 2.32. The Morgan fingerprint density at radius 1 is 1.56 bits per heavy atom. The SMILES string of the molecule is CON(C)CCCC(=O)Nc1ccc(Cl)cc1N. The van der Waals surface area contributed by atoms with Crippen LogP contribution in [0.5, 0.6) is 0 Å². The first-order valence-corrected chi connectivity index (χ1v) is 6.01. The van der Waals surface area contributed by atoms with Crippen LogP contribution in [0.3, 0.4) is 0 Å². The molecule has 0 spiro atoms. The van der Waals surface area contributed by atoms with Gasteiger partial charge in [-0.1, -0.05) is 11.6 Å². The lowest BCUT2D eigenvalue weighted by Gasteiger charge is -2.13. The average molecular weight is 272 g/mol. The first-order valence-electron chi connectivity index (χ1n) is 5.63. The molecule has 0 fully saturated rings. The molecule has 6 heteroatoms. The number of nitrogen functional groups attached to an aromatic ring is 1. The van der Waals surface area contributed by atoms with E-state index in [1.165, 1.54) is 0 Å². The van der Waals surface area contributed by atoms with E-state index in [2.05, 4.69) is 5.32 Å². The summed E-state index contributed by atoms with van der Waals surface area (Å²) in [4.78, 5) is 16.6. The van der Waals surface area contributed by atoms with Gasteiger partial charge >= 0.3 is 0 Å². The van der Waals surface area contributed by atoms with Gasteiger partial charge in [-0.15, -0.1) is 0 Å².